The maximum absolute atomic E-state index is 12.8. The molecule has 1 aromatic carbocycles. The molecule has 2 aromatic heterocycles. The lowest BCUT2D eigenvalue weighted by Crippen LogP contribution is -2.32. The third kappa shape index (κ3) is 3.60. The first kappa shape index (κ1) is 18.2. The number of amides is 1. The molecule has 1 N–H and O–H groups in total. The first-order valence-electron chi connectivity index (χ1n) is 9.50. The average molecular weight is 377 g/mol. The van der Waals surface area contributed by atoms with Gasteiger partial charge in [-0.3, -0.25) is 14.3 Å². The summed E-state index contributed by atoms with van der Waals surface area (Å²) in [4.78, 5) is 29.3. The highest BCUT2D eigenvalue weighted by Crippen LogP contribution is 2.36. The van der Waals surface area contributed by atoms with E-state index in [0.717, 1.165) is 29.5 Å². The zero-order chi connectivity index (χ0) is 19.7. The summed E-state index contributed by atoms with van der Waals surface area (Å²) >= 11 is 0. The zero-order valence-corrected chi connectivity index (χ0v) is 16.1. The van der Waals surface area contributed by atoms with Gasteiger partial charge in [0.15, 0.2) is 5.82 Å². The van der Waals surface area contributed by atoms with E-state index in [1.165, 1.54) is 4.68 Å². The van der Waals surface area contributed by atoms with Crippen LogP contribution in [0, 0.1) is 13.8 Å². The monoisotopic (exact) mass is 377 g/mol. The molecule has 1 aliphatic rings. The van der Waals surface area contributed by atoms with E-state index >= 15 is 0 Å². The molecule has 2 heterocycles. The smallest absolute Gasteiger partial charge is 0.346 e. The van der Waals surface area contributed by atoms with Crippen molar-refractivity contribution in [1.82, 2.24) is 24.6 Å². The van der Waals surface area contributed by atoms with Crippen molar-refractivity contribution >= 4 is 5.91 Å². The van der Waals surface area contributed by atoms with Crippen molar-refractivity contribution in [3.8, 4) is 11.4 Å². The van der Waals surface area contributed by atoms with Crippen LogP contribution in [0.1, 0.15) is 40.4 Å². The van der Waals surface area contributed by atoms with Crippen LogP contribution in [0.25, 0.3) is 11.4 Å². The lowest BCUT2D eigenvalue weighted by molar-refractivity contribution is 0.0951. The fourth-order valence-electron chi connectivity index (χ4n) is 3.18. The highest BCUT2D eigenvalue weighted by molar-refractivity contribution is 5.94. The Kier molecular flexibility index (Phi) is 4.81. The second kappa shape index (κ2) is 7.42. The van der Waals surface area contributed by atoms with Crippen molar-refractivity contribution < 1.29 is 4.79 Å². The van der Waals surface area contributed by atoms with Gasteiger partial charge in [0, 0.05) is 36.1 Å². The van der Waals surface area contributed by atoms with E-state index < -0.39 is 0 Å². The molecule has 7 nitrogen and oxygen atoms in total. The van der Waals surface area contributed by atoms with E-state index in [9.17, 15) is 9.59 Å². The van der Waals surface area contributed by atoms with Gasteiger partial charge in [-0.15, -0.1) is 5.10 Å². The standard InChI is InChI=1S/C21H23N5O2/c1-14-5-6-16(12-15(14)2)20(27)23-10-11-25-21(28)26(18-7-8-18)19(24-25)17-4-3-9-22-13-17/h3-6,9,12-13,18H,7-8,10-11H2,1-2H3,(H,23,27). The fourth-order valence-corrected chi connectivity index (χ4v) is 3.18. The summed E-state index contributed by atoms with van der Waals surface area (Å²) in [5.74, 6) is 0.492. The van der Waals surface area contributed by atoms with Crippen LogP contribution >= 0.6 is 0 Å². The van der Waals surface area contributed by atoms with Crippen molar-refractivity contribution in [3.05, 3.63) is 69.9 Å². The van der Waals surface area contributed by atoms with Crippen LogP contribution < -0.4 is 11.0 Å². The van der Waals surface area contributed by atoms with Crippen LogP contribution in [0.2, 0.25) is 0 Å². The van der Waals surface area contributed by atoms with E-state index in [1.807, 2.05) is 44.2 Å². The molecule has 0 aliphatic heterocycles. The molecular weight excluding hydrogens is 354 g/mol. The number of hydrogen-bond donors (Lipinski definition) is 1. The fraction of sp³-hybridized carbons (Fsp3) is 0.333. The summed E-state index contributed by atoms with van der Waals surface area (Å²) in [6, 6.07) is 9.57. The number of nitrogens with zero attached hydrogens (tertiary/aromatic N) is 4. The van der Waals surface area contributed by atoms with Gasteiger partial charge >= 0.3 is 5.69 Å². The van der Waals surface area contributed by atoms with E-state index in [1.54, 1.807) is 17.0 Å². The predicted molar refractivity (Wildman–Crippen MR) is 106 cm³/mol. The van der Waals surface area contributed by atoms with Crippen LogP contribution in [-0.4, -0.2) is 31.8 Å². The van der Waals surface area contributed by atoms with Crippen LogP contribution in [-0.2, 0) is 6.54 Å². The Hall–Kier alpha value is -3.22. The number of nitrogens with one attached hydrogen (secondary N) is 1. The molecular formula is C21H23N5O2. The van der Waals surface area contributed by atoms with Crippen LogP contribution in [0.15, 0.2) is 47.5 Å². The van der Waals surface area contributed by atoms with E-state index in [0.29, 0.717) is 24.5 Å². The number of hydrogen-bond acceptors (Lipinski definition) is 4. The molecule has 1 amide bonds. The summed E-state index contributed by atoms with van der Waals surface area (Å²) in [5.41, 5.74) is 3.53. The predicted octanol–water partition coefficient (Wildman–Crippen LogP) is 2.49. The van der Waals surface area contributed by atoms with E-state index in [2.05, 4.69) is 15.4 Å². The lowest BCUT2D eigenvalue weighted by atomic mass is 10.1. The molecule has 3 aromatic rings. The number of carbonyl (C=O) groups excluding carboxylic acids is 1. The highest BCUT2D eigenvalue weighted by Gasteiger charge is 2.30. The van der Waals surface area contributed by atoms with Gasteiger partial charge in [0.25, 0.3) is 5.91 Å². The van der Waals surface area contributed by atoms with Gasteiger partial charge in [-0.1, -0.05) is 6.07 Å². The molecule has 0 bridgehead atoms. The molecule has 1 saturated carbocycles. The van der Waals surface area contributed by atoms with Crippen molar-refractivity contribution in [2.45, 2.75) is 39.3 Å². The Morgan fingerprint density at radius 1 is 1.21 bits per heavy atom. The topological polar surface area (TPSA) is 81.8 Å². The Balaban J connectivity index is 1.49. The first-order valence-corrected chi connectivity index (χ1v) is 9.50. The molecule has 0 radical (unpaired) electrons. The van der Waals surface area contributed by atoms with E-state index in [4.69, 9.17) is 0 Å². The third-order valence-electron chi connectivity index (χ3n) is 5.08. The van der Waals surface area contributed by atoms with Gasteiger partial charge in [-0.2, -0.15) is 0 Å². The van der Waals surface area contributed by atoms with Crippen LogP contribution in [0.5, 0.6) is 0 Å². The maximum Gasteiger partial charge on any atom is 0.346 e. The van der Waals surface area contributed by atoms with Crippen molar-refractivity contribution in [1.29, 1.82) is 0 Å². The molecule has 0 spiro atoms. The van der Waals surface area contributed by atoms with E-state index in [-0.39, 0.29) is 17.6 Å². The summed E-state index contributed by atoms with van der Waals surface area (Å²) in [5, 5.41) is 7.39. The average Bonchev–Trinajstić information content (AvgIpc) is 3.48. The summed E-state index contributed by atoms with van der Waals surface area (Å²) in [7, 11) is 0. The lowest BCUT2D eigenvalue weighted by Gasteiger charge is -2.07. The van der Waals surface area contributed by atoms with Gasteiger partial charge in [-0.25, -0.2) is 9.48 Å². The minimum Gasteiger partial charge on any atom is -0.350 e. The molecule has 4 rings (SSSR count). The molecule has 0 unspecified atom stereocenters. The number of carbonyl (C=O) groups is 1. The van der Waals surface area contributed by atoms with Gasteiger partial charge in [0.1, 0.15) is 0 Å². The van der Waals surface area contributed by atoms with Gasteiger partial charge in [0.2, 0.25) is 0 Å². The number of rotatable bonds is 6. The molecule has 0 saturated heterocycles. The number of aromatic nitrogens is 4. The second-order valence-electron chi connectivity index (χ2n) is 7.23. The van der Waals surface area contributed by atoms with Gasteiger partial charge in [0.05, 0.1) is 6.54 Å². The normalized spacial score (nSPS) is 13.5. The number of pyridine rings is 1. The number of benzene rings is 1. The third-order valence-corrected chi connectivity index (χ3v) is 5.08. The summed E-state index contributed by atoms with van der Waals surface area (Å²) < 4.78 is 3.18. The first-order chi connectivity index (χ1) is 13.5. The van der Waals surface area contributed by atoms with Crippen LogP contribution in [0.3, 0.4) is 0 Å². The quantitative estimate of drug-likeness (QED) is 0.716. The molecule has 1 fully saturated rings. The maximum atomic E-state index is 12.8. The Morgan fingerprint density at radius 3 is 2.71 bits per heavy atom. The summed E-state index contributed by atoms with van der Waals surface area (Å²) in [6.07, 6.45) is 5.39. The highest BCUT2D eigenvalue weighted by atomic mass is 16.2. The Bertz CT molecular complexity index is 1060. The minimum absolute atomic E-state index is 0.137. The van der Waals surface area contributed by atoms with Gasteiger partial charge < -0.3 is 5.32 Å². The van der Waals surface area contributed by atoms with Gasteiger partial charge in [-0.05, 0) is 62.1 Å². The second-order valence-corrected chi connectivity index (χ2v) is 7.23. The molecule has 1 aliphatic carbocycles. The SMILES string of the molecule is Cc1ccc(C(=O)NCCn2nc(-c3cccnc3)n(C3CC3)c2=O)cc1C. The molecule has 0 atom stereocenters. The minimum atomic E-state index is -0.148. The Labute approximate surface area is 163 Å². The molecule has 144 valence electrons. The molecule has 7 heteroatoms. The summed E-state index contributed by atoms with van der Waals surface area (Å²) in [6.45, 7) is 4.65. The number of aryl methyl sites for hydroxylation is 2. The Morgan fingerprint density at radius 2 is 2.04 bits per heavy atom. The van der Waals surface area contributed by atoms with Crippen molar-refractivity contribution in [2.24, 2.45) is 0 Å². The zero-order valence-electron chi connectivity index (χ0n) is 16.1. The largest absolute Gasteiger partial charge is 0.350 e. The van der Waals surface area contributed by atoms with Crippen LogP contribution in [0.4, 0.5) is 0 Å². The van der Waals surface area contributed by atoms with Crippen molar-refractivity contribution in [3.63, 3.8) is 0 Å². The molecule has 28 heavy (non-hydrogen) atoms. The van der Waals surface area contributed by atoms with Crippen molar-refractivity contribution in [2.75, 3.05) is 6.54 Å².